The van der Waals surface area contributed by atoms with Crippen LogP contribution in [0.15, 0.2) is 48.8 Å². The number of nitrogen functional groups attached to an aromatic ring is 1. The van der Waals surface area contributed by atoms with Crippen LogP contribution in [0.1, 0.15) is 0 Å². The van der Waals surface area contributed by atoms with Gasteiger partial charge in [-0.25, -0.2) is 9.97 Å². The second-order valence-corrected chi connectivity index (χ2v) is 4.26. The van der Waals surface area contributed by atoms with Gasteiger partial charge in [-0.15, -0.1) is 0 Å². The molecule has 2 N–H and O–H groups in total. The van der Waals surface area contributed by atoms with Crippen molar-refractivity contribution >= 4 is 5.69 Å². The van der Waals surface area contributed by atoms with Gasteiger partial charge in [-0.2, -0.15) is 4.39 Å². The van der Waals surface area contributed by atoms with E-state index in [1.807, 2.05) is 24.3 Å². The van der Waals surface area contributed by atoms with Gasteiger partial charge in [-0.1, -0.05) is 30.3 Å². The minimum absolute atomic E-state index is 0.416. The lowest BCUT2D eigenvalue weighted by atomic mass is 10.1. The number of benzene rings is 1. The maximum absolute atomic E-state index is 12.8. The highest BCUT2D eigenvalue weighted by Gasteiger charge is 2.02. The van der Waals surface area contributed by atoms with Crippen LogP contribution in [-0.4, -0.2) is 9.97 Å². The maximum atomic E-state index is 12.8. The third-order valence-electron chi connectivity index (χ3n) is 2.84. The number of hydrogen-bond donors (Lipinski definition) is 1. The summed E-state index contributed by atoms with van der Waals surface area (Å²) in [4.78, 5) is 8.33. The van der Waals surface area contributed by atoms with E-state index in [4.69, 9.17) is 5.73 Å². The van der Waals surface area contributed by atoms with E-state index < -0.39 is 5.82 Å². The standard InChI is InChI=1S/C16H10FN3/c17-14-7-5-12(6-8-14)11-1-3-13(4-2-11)16-19-9-15(18)10-20-16/h1-5,7,9-10H,18H2. The second-order valence-electron chi connectivity index (χ2n) is 4.26. The Bertz CT molecular complexity index is 640. The number of rotatable bonds is 2. The monoisotopic (exact) mass is 263 g/mol. The molecule has 0 saturated heterocycles. The molecule has 0 unspecified atom stereocenters. The van der Waals surface area contributed by atoms with Crippen molar-refractivity contribution in [3.05, 3.63) is 66.7 Å². The average molecular weight is 263 g/mol. The number of nitrogens with two attached hydrogens (primary N) is 1. The van der Waals surface area contributed by atoms with Gasteiger partial charge in [0.05, 0.1) is 18.1 Å². The quantitative estimate of drug-likeness (QED) is 0.772. The summed E-state index contributed by atoms with van der Waals surface area (Å²) < 4.78 is 12.8. The van der Waals surface area contributed by atoms with E-state index in [1.54, 1.807) is 18.5 Å². The summed E-state index contributed by atoms with van der Waals surface area (Å²) in [5, 5.41) is 0. The first kappa shape index (κ1) is 12.1. The molecule has 0 aliphatic rings. The van der Waals surface area contributed by atoms with Crippen molar-refractivity contribution in [1.29, 1.82) is 0 Å². The largest absolute Gasteiger partial charge is 0.396 e. The van der Waals surface area contributed by atoms with Crippen LogP contribution in [-0.2, 0) is 0 Å². The highest BCUT2D eigenvalue weighted by atomic mass is 19.1. The SMILES string of the molecule is Nc1cnc(-c2ccc(-c3c#cc(F)cc3)cc2)nc1. The van der Waals surface area contributed by atoms with Gasteiger partial charge in [0.25, 0.3) is 0 Å². The third-order valence-corrected chi connectivity index (χ3v) is 2.84. The number of hydrogen-bond acceptors (Lipinski definition) is 3. The van der Waals surface area contributed by atoms with E-state index in [0.29, 0.717) is 11.5 Å². The molecule has 0 spiro atoms. The Labute approximate surface area is 115 Å². The van der Waals surface area contributed by atoms with Gasteiger partial charge in [-0.3, -0.25) is 0 Å². The number of halogens is 1. The molecule has 1 heterocycles. The molecular formula is C16H10FN3. The van der Waals surface area contributed by atoms with Gasteiger partial charge >= 0.3 is 0 Å². The molecule has 2 aromatic carbocycles. The molecule has 3 nitrogen and oxygen atoms in total. The topological polar surface area (TPSA) is 51.8 Å². The van der Waals surface area contributed by atoms with Gasteiger partial charge in [-0.05, 0) is 23.8 Å². The normalized spacial score (nSPS) is 10.1. The van der Waals surface area contributed by atoms with E-state index in [9.17, 15) is 4.39 Å². The van der Waals surface area contributed by atoms with Crippen LogP contribution in [0.3, 0.4) is 0 Å². The molecule has 0 radical (unpaired) electrons. The minimum Gasteiger partial charge on any atom is -0.396 e. The fourth-order valence-electron chi connectivity index (χ4n) is 1.82. The van der Waals surface area contributed by atoms with Crippen LogP contribution in [0.4, 0.5) is 10.1 Å². The van der Waals surface area contributed by atoms with Crippen LogP contribution < -0.4 is 5.73 Å². The van der Waals surface area contributed by atoms with Gasteiger partial charge in [0.15, 0.2) is 11.6 Å². The summed E-state index contributed by atoms with van der Waals surface area (Å²) >= 11 is 0. The van der Waals surface area contributed by atoms with Crippen molar-refractivity contribution in [2.75, 3.05) is 5.73 Å². The van der Waals surface area contributed by atoms with E-state index in [1.165, 1.54) is 6.07 Å². The molecule has 3 aromatic rings. The molecule has 0 saturated carbocycles. The lowest BCUT2D eigenvalue weighted by molar-refractivity contribution is 0.629. The van der Waals surface area contributed by atoms with Gasteiger partial charge in [0, 0.05) is 11.1 Å². The molecular weight excluding hydrogens is 253 g/mol. The fraction of sp³-hybridized carbons (Fsp3) is 0. The van der Waals surface area contributed by atoms with Gasteiger partial charge in [0.2, 0.25) is 0 Å². The molecule has 0 bridgehead atoms. The van der Waals surface area contributed by atoms with Crippen LogP contribution in [0, 0.1) is 17.9 Å². The molecule has 0 amide bonds. The Kier molecular flexibility index (Phi) is 3.02. The molecule has 1 aromatic heterocycles. The number of aromatic nitrogens is 2. The molecule has 0 aliphatic heterocycles. The van der Waals surface area contributed by atoms with Crippen molar-refractivity contribution in [2.45, 2.75) is 0 Å². The van der Waals surface area contributed by atoms with Crippen LogP contribution in [0.5, 0.6) is 0 Å². The first-order chi connectivity index (χ1) is 9.72. The summed E-state index contributed by atoms with van der Waals surface area (Å²) in [6, 6.07) is 15.8. The first-order valence-electron chi connectivity index (χ1n) is 6.00. The van der Waals surface area contributed by atoms with E-state index >= 15 is 0 Å². The summed E-state index contributed by atoms with van der Waals surface area (Å²) in [6.07, 6.45) is 3.14. The van der Waals surface area contributed by atoms with Crippen molar-refractivity contribution in [3.8, 4) is 22.5 Å². The zero-order valence-corrected chi connectivity index (χ0v) is 10.5. The Morgan fingerprint density at radius 1 is 0.850 bits per heavy atom. The average Bonchev–Trinajstić information content (AvgIpc) is 2.49. The summed E-state index contributed by atoms with van der Waals surface area (Å²) in [5.74, 6) is 0.195. The third kappa shape index (κ3) is 2.43. The summed E-state index contributed by atoms with van der Waals surface area (Å²) in [6.45, 7) is 0. The van der Waals surface area contributed by atoms with E-state index in [0.717, 1.165) is 16.7 Å². The minimum atomic E-state index is -0.416. The van der Waals surface area contributed by atoms with Crippen molar-refractivity contribution in [1.82, 2.24) is 9.97 Å². The molecule has 0 fully saturated rings. The Morgan fingerprint density at radius 2 is 1.50 bits per heavy atom. The Balaban J connectivity index is 1.91. The number of anilines is 1. The molecule has 4 heteroatoms. The Hall–Kier alpha value is -2.93. The molecule has 0 atom stereocenters. The zero-order valence-electron chi connectivity index (χ0n) is 10.5. The predicted octanol–water partition coefficient (Wildman–Crippen LogP) is 3.13. The highest BCUT2D eigenvalue weighted by Crippen LogP contribution is 2.21. The van der Waals surface area contributed by atoms with Gasteiger partial charge in [0.1, 0.15) is 0 Å². The van der Waals surface area contributed by atoms with E-state index in [2.05, 4.69) is 22.1 Å². The second kappa shape index (κ2) is 4.98. The number of nitrogens with zero attached hydrogens (tertiary/aromatic N) is 2. The van der Waals surface area contributed by atoms with E-state index in [-0.39, 0.29) is 0 Å². The zero-order chi connectivity index (χ0) is 13.9. The molecule has 3 rings (SSSR count). The lowest BCUT2D eigenvalue weighted by Gasteiger charge is -2.02. The molecule has 0 aliphatic carbocycles. The Morgan fingerprint density at radius 3 is 2.10 bits per heavy atom. The van der Waals surface area contributed by atoms with Crippen molar-refractivity contribution in [3.63, 3.8) is 0 Å². The van der Waals surface area contributed by atoms with Crippen molar-refractivity contribution < 1.29 is 4.39 Å². The summed E-state index contributed by atoms with van der Waals surface area (Å²) in [7, 11) is 0. The van der Waals surface area contributed by atoms with Gasteiger partial charge < -0.3 is 5.73 Å². The fourth-order valence-corrected chi connectivity index (χ4v) is 1.82. The van der Waals surface area contributed by atoms with Crippen LogP contribution in [0.25, 0.3) is 22.5 Å². The highest BCUT2D eigenvalue weighted by molar-refractivity contribution is 5.66. The first-order valence-corrected chi connectivity index (χ1v) is 6.00. The molecule has 20 heavy (non-hydrogen) atoms. The lowest BCUT2D eigenvalue weighted by Crippen LogP contribution is -1.92. The smallest absolute Gasteiger partial charge is 0.173 e. The van der Waals surface area contributed by atoms with Crippen molar-refractivity contribution in [2.24, 2.45) is 0 Å². The summed E-state index contributed by atoms with van der Waals surface area (Å²) in [5.41, 5.74) is 8.69. The van der Waals surface area contributed by atoms with Crippen LogP contribution >= 0.6 is 0 Å². The predicted molar refractivity (Wildman–Crippen MR) is 74.9 cm³/mol. The maximum Gasteiger partial charge on any atom is 0.173 e. The van der Waals surface area contributed by atoms with Crippen LogP contribution in [0.2, 0.25) is 0 Å². The molecule has 96 valence electrons.